The molecule has 0 aliphatic heterocycles. The van der Waals surface area contributed by atoms with Crippen molar-refractivity contribution in [3.63, 3.8) is 0 Å². The van der Waals surface area contributed by atoms with Crippen LogP contribution in [0.4, 0.5) is 0 Å². The van der Waals surface area contributed by atoms with Gasteiger partial charge in [-0.05, 0) is 42.9 Å². The van der Waals surface area contributed by atoms with E-state index in [9.17, 15) is 19.8 Å². The molecule has 0 aliphatic carbocycles. The first kappa shape index (κ1) is 24.2. The average Bonchev–Trinajstić information content (AvgIpc) is 2.66. The molecule has 1 aromatic carbocycles. The normalized spacial score (nSPS) is 10.9. The third-order valence-electron chi connectivity index (χ3n) is 5.43. The highest BCUT2D eigenvalue weighted by atomic mass is 16.4. The van der Waals surface area contributed by atoms with Crippen molar-refractivity contribution in [3.8, 4) is 0 Å². The van der Waals surface area contributed by atoms with E-state index in [0.717, 1.165) is 49.7 Å². The number of carbonyl (C=O) groups is 2. The summed E-state index contributed by atoms with van der Waals surface area (Å²) in [4.78, 5) is 23.3. The summed E-state index contributed by atoms with van der Waals surface area (Å²) in [6, 6.07) is 3.31. The molecule has 0 aliphatic rings. The molecule has 4 heteroatoms. The minimum Gasteiger partial charge on any atom is -0.478 e. The van der Waals surface area contributed by atoms with Crippen molar-refractivity contribution >= 4 is 11.9 Å². The van der Waals surface area contributed by atoms with Gasteiger partial charge in [0, 0.05) is 0 Å². The molecule has 0 saturated carbocycles. The first-order valence-corrected chi connectivity index (χ1v) is 11.1. The molecule has 158 valence electrons. The highest BCUT2D eigenvalue weighted by Gasteiger charge is 2.22. The first-order valence-electron chi connectivity index (χ1n) is 11.1. The summed E-state index contributed by atoms with van der Waals surface area (Å²) in [5, 5.41) is 19.0. The van der Waals surface area contributed by atoms with Crippen molar-refractivity contribution in [1.82, 2.24) is 0 Å². The maximum atomic E-state index is 11.8. The van der Waals surface area contributed by atoms with Gasteiger partial charge < -0.3 is 10.2 Å². The summed E-state index contributed by atoms with van der Waals surface area (Å²) >= 11 is 0. The summed E-state index contributed by atoms with van der Waals surface area (Å²) < 4.78 is 0. The lowest BCUT2D eigenvalue weighted by Crippen LogP contribution is -2.14. The Bertz CT molecular complexity index is 607. The molecule has 0 unspecified atom stereocenters. The third kappa shape index (κ3) is 8.45. The molecule has 0 spiro atoms. The van der Waals surface area contributed by atoms with Gasteiger partial charge in [0.25, 0.3) is 0 Å². The van der Waals surface area contributed by atoms with Crippen LogP contribution in [0.2, 0.25) is 0 Å². The number of benzene rings is 1. The van der Waals surface area contributed by atoms with Gasteiger partial charge >= 0.3 is 11.9 Å². The molecule has 0 amide bonds. The zero-order valence-electron chi connectivity index (χ0n) is 17.8. The maximum absolute atomic E-state index is 11.8. The fourth-order valence-corrected chi connectivity index (χ4v) is 3.81. The Morgan fingerprint density at radius 2 is 1.18 bits per heavy atom. The number of hydrogen-bond acceptors (Lipinski definition) is 2. The molecule has 0 heterocycles. The zero-order chi connectivity index (χ0) is 20.8. The second-order valence-electron chi connectivity index (χ2n) is 7.77. The monoisotopic (exact) mass is 390 g/mol. The average molecular weight is 391 g/mol. The minimum absolute atomic E-state index is 0.00275. The van der Waals surface area contributed by atoms with E-state index in [-0.39, 0.29) is 11.1 Å². The Labute approximate surface area is 170 Å². The smallest absolute Gasteiger partial charge is 0.336 e. The molecule has 2 N–H and O–H groups in total. The quantitative estimate of drug-likeness (QED) is 0.301. The summed E-state index contributed by atoms with van der Waals surface area (Å²) in [5.74, 6) is -2.29. The van der Waals surface area contributed by atoms with Gasteiger partial charge in [-0.1, -0.05) is 84.1 Å². The Morgan fingerprint density at radius 3 is 1.71 bits per heavy atom. The van der Waals surface area contributed by atoms with E-state index in [1.807, 2.05) is 6.07 Å². The van der Waals surface area contributed by atoms with Gasteiger partial charge in [0.1, 0.15) is 0 Å². The zero-order valence-corrected chi connectivity index (χ0v) is 17.8. The van der Waals surface area contributed by atoms with Crippen molar-refractivity contribution in [1.29, 1.82) is 0 Å². The van der Waals surface area contributed by atoms with E-state index < -0.39 is 11.9 Å². The lowest BCUT2D eigenvalue weighted by molar-refractivity contribution is 0.0650. The van der Waals surface area contributed by atoms with Crippen molar-refractivity contribution < 1.29 is 19.8 Å². The summed E-state index contributed by atoms with van der Waals surface area (Å²) in [5.41, 5.74) is 1.66. The van der Waals surface area contributed by atoms with Gasteiger partial charge in [-0.2, -0.15) is 0 Å². The molecule has 0 aromatic heterocycles. The summed E-state index contributed by atoms with van der Waals surface area (Å²) in [6.45, 7) is 4.34. The van der Waals surface area contributed by atoms with Crippen molar-refractivity contribution in [2.75, 3.05) is 0 Å². The maximum Gasteiger partial charge on any atom is 0.336 e. The molecule has 28 heavy (non-hydrogen) atoms. The standard InChI is InChI=1S/C24H38O4/c1-3-5-7-8-9-10-11-12-14-15-19-17-18-21(23(25)26)22(24(27)28)20(19)16-13-6-4-2/h17-18H,3-16H2,1-2H3,(H,25,26)(H,27,28). The molecule has 0 radical (unpaired) electrons. The number of aromatic carboxylic acids is 2. The number of hydrogen-bond donors (Lipinski definition) is 2. The molecule has 1 rings (SSSR count). The second-order valence-corrected chi connectivity index (χ2v) is 7.77. The number of carboxylic acids is 2. The van der Waals surface area contributed by atoms with Crippen molar-refractivity contribution in [2.24, 2.45) is 0 Å². The Morgan fingerprint density at radius 1 is 0.679 bits per heavy atom. The number of unbranched alkanes of at least 4 members (excludes halogenated alkanes) is 10. The Kier molecular flexibility index (Phi) is 12.3. The molecule has 0 atom stereocenters. The van der Waals surface area contributed by atoms with Crippen LogP contribution in [0, 0.1) is 0 Å². The van der Waals surface area contributed by atoms with Crippen LogP contribution in [0.1, 0.15) is 123 Å². The van der Waals surface area contributed by atoms with Crippen LogP contribution < -0.4 is 0 Å². The molecule has 0 saturated heterocycles. The van der Waals surface area contributed by atoms with Crippen LogP contribution in [0.25, 0.3) is 0 Å². The highest BCUT2D eigenvalue weighted by Crippen LogP contribution is 2.24. The molecular weight excluding hydrogens is 352 g/mol. The van der Waals surface area contributed by atoms with Gasteiger partial charge in [0.05, 0.1) is 11.1 Å². The number of rotatable bonds is 16. The van der Waals surface area contributed by atoms with Crippen LogP contribution in [0.3, 0.4) is 0 Å². The third-order valence-corrected chi connectivity index (χ3v) is 5.43. The van der Waals surface area contributed by atoms with Crippen LogP contribution in [0.15, 0.2) is 12.1 Å². The summed E-state index contributed by atoms with van der Waals surface area (Å²) in [6.07, 6.45) is 15.7. The van der Waals surface area contributed by atoms with E-state index in [0.29, 0.717) is 6.42 Å². The lowest BCUT2D eigenvalue weighted by atomic mass is 9.89. The van der Waals surface area contributed by atoms with E-state index >= 15 is 0 Å². The molecule has 0 fully saturated rings. The van der Waals surface area contributed by atoms with Crippen molar-refractivity contribution in [2.45, 2.75) is 104 Å². The van der Waals surface area contributed by atoms with Gasteiger partial charge in [0.2, 0.25) is 0 Å². The minimum atomic E-state index is -1.16. The predicted octanol–water partition coefficient (Wildman–Crippen LogP) is 6.89. The largest absolute Gasteiger partial charge is 0.478 e. The Balaban J connectivity index is 2.69. The fourth-order valence-electron chi connectivity index (χ4n) is 3.81. The van der Waals surface area contributed by atoms with Crippen LogP contribution in [0.5, 0.6) is 0 Å². The molecule has 1 aromatic rings. The van der Waals surface area contributed by atoms with Crippen molar-refractivity contribution in [3.05, 3.63) is 34.4 Å². The topological polar surface area (TPSA) is 74.6 Å². The summed E-state index contributed by atoms with van der Waals surface area (Å²) in [7, 11) is 0. The van der Waals surface area contributed by atoms with E-state index in [1.54, 1.807) is 0 Å². The van der Waals surface area contributed by atoms with Gasteiger partial charge in [-0.25, -0.2) is 9.59 Å². The fraction of sp³-hybridized carbons (Fsp3) is 0.667. The van der Waals surface area contributed by atoms with E-state index in [1.165, 1.54) is 51.0 Å². The second kappa shape index (κ2) is 14.2. The molecule has 0 bridgehead atoms. The van der Waals surface area contributed by atoms with Gasteiger partial charge in [0.15, 0.2) is 0 Å². The van der Waals surface area contributed by atoms with Crippen LogP contribution in [-0.4, -0.2) is 22.2 Å². The Hall–Kier alpha value is -1.84. The van der Waals surface area contributed by atoms with E-state index in [2.05, 4.69) is 13.8 Å². The molecular formula is C24H38O4. The first-order chi connectivity index (χ1) is 13.5. The van der Waals surface area contributed by atoms with Gasteiger partial charge in [-0.3, -0.25) is 0 Å². The van der Waals surface area contributed by atoms with E-state index in [4.69, 9.17) is 0 Å². The van der Waals surface area contributed by atoms with Gasteiger partial charge in [-0.15, -0.1) is 0 Å². The predicted molar refractivity (Wildman–Crippen MR) is 115 cm³/mol. The van der Waals surface area contributed by atoms with Crippen LogP contribution >= 0.6 is 0 Å². The molecule has 4 nitrogen and oxygen atoms in total. The SMILES string of the molecule is CCCCCCCCCCCc1ccc(C(=O)O)c(C(=O)O)c1CCCCC. The van der Waals surface area contributed by atoms with Crippen LogP contribution in [-0.2, 0) is 12.8 Å². The lowest BCUT2D eigenvalue weighted by Gasteiger charge is -2.15. The number of aryl methyl sites for hydroxylation is 1. The highest BCUT2D eigenvalue weighted by molar-refractivity contribution is 6.03. The number of carboxylic acid groups (broad SMARTS) is 2.